The van der Waals surface area contributed by atoms with Gasteiger partial charge in [0.05, 0.1) is 12.0 Å². The standard InChI is InChI=1S/C22H28N4O2/c1-3-26-20(27)12-11-18(21(26)17-9-7-16(2)8-10-17)22(28)25-15-14-24-19-6-4-5-13-23-19/h4-10,13,18,21H,3,11-12,14-15H2,1-2H3,(H,23,24)(H,25,28)/t18-,21+/m1/s1. The summed E-state index contributed by atoms with van der Waals surface area (Å²) in [6.45, 7) is 5.71. The molecular weight excluding hydrogens is 352 g/mol. The van der Waals surface area contributed by atoms with E-state index < -0.39 is 0 Å². The number of aromatic nitrogens is 1. The van der Waals surface area contributed by atoms with Gasteiger partial charge in [0.1, 0.15) is 5.82 Å². The molecule has 1 fully saturated rings. The molecule has 1 aliphatic heterocycles. The van der Waals surface area contributed by atoms with Crippen LogP contribution in [0.25, 0.3) is 0 Å². The van der Waals surface area contributed by atoms with Crippen molar-refractivity contribution in [2.75, 3.05) is 25.0 Å². The Bertz CT molecular complexity index is 792. The predicted molar refractivity (Wildman–Crippen MR) is 110 cm³/mol. The maximum atomic E-state index is 12.9. The van der Waals surface area contributed by atoms with E-state index >= 15 is 0 Å². The number of carbonyl (C=O) groups excluding carboxylic acids is 2. The van der Waals surface area contributed by atoms with E-state index in [1.807, 2.05) is 61.2 Å². The molecule has 2 amide bonds. The molecule has 2 heterocycles. The number of anilines is 1. The first kappa shape index (κ1) is 19.9. The minimum Gasteiger partial charge on any atom is -0.368 e. The number of nitrogens with one attached hydrogen (secondary N) is 2. The van der Waals surface area contributed by atoms with Crippen LogP contribution in [0, 0.1) is 12.8 Å². The van der Waals surface area contributed by atoms with Gasteiger partial charge in [-0.2, -0.15) is 0 Å². The summed E-state index contributed by atoms with van der Waals surface area (Å²) in [6, 6.07) is 13.6. The van der Waals surface area contributed by atoms with Crippen LogP contribution in [0.1, 0.15) is 36.9 Å². The Morgan fingerprint density at radius 3 is 2.64 bits per heavy atom. The second kappa shape index (κ2) is 9.35. The molecular formula is C22H28N4O2. The Hall–Kier alpha value is -2.89. The van der Waals surface area contributed by atoms with Crippen LogP contribution >= 0.6 is 0 Å². The van der Waals surface area contributed by atoms with Crippen molar-refractivity contribution in [2.45, 2.75) is 32.7 Å². The number of rotatable bonds is 7. The Morgan fingerprint density at radius 2 is 1.96 bits per heavy atom. The number of amides is 2. The lowest BCUT2D eigenvalue weighted by molar-refractivity contribution is -0.143. The molecule has 6 heteroatoms. The summed E-state index contributed by atoms with van der Waals surface area (Å²) in [5.41, 5.74) is 2.18. The summed E-state index contributed by atoms with van der Waals surface area (Å²) in [7, 11) is 0. The average Bonchev–Trinajstić information content (AvgIpc) is 2.72. The summed E-state index contributed by atoms with van der Waals surface area (Å²) in [6.07, 6.45) is 2.72. The Kier molecular flexibility index (Phi) is 6.63. The molecule has 0 unspecified atom stereocenters. The molecule has 0 bridgehead atoms. The number of pyridine rings is 1. The topological polar surface area (TPSA) is 74.3 Å². The second-order valence-electron chi connectivity index (χ2n) is 7.11. The fourth-order valence-electron chi connectivity index (χ4n) is 3.75. The van der Waals surface area contributed by atoms with Gasteiger partial charge in [-0.05, 0) is 38.0 Å². The van der Waals surface area contributed by atoms with E-state index in [9.17, 15) is 9.59 Å². The number of carbonyl (C=O) groups is 2. The normalized spacial score (nSPS) is 19.4. The van der Waals surface area contributed by atoms with Crippen LogP contribution < -0.4 is 10.6 Å². The van der Waals surface area contributed by atoms with Gasteiger partial charge in [0.25, 0.3) is 0 Å². The van der Waals surface area contributed by atoms with Crippen LogP contribution in [0.2, 0.25) is 0 Å². The van der Waals surface area contributed by atoms with E-state index in [1.165, 1.54) is 0 Å². The van der Waals surface area contributed by atoms with Crippen molar-refractivity contribution in [1.29, 1.82) is 0 Å². The maximum Gasteiger partial charge on any atom is 0.225 e. The summed E-state index contributed by atoms with van der Waals surface area (Å²) in [5, 5.41) is 6.21. The molecule has 0 radical (unpaired) electrons. The average molecular weight is 380 g/mol. The van der Waals surface area contributed by atoms with Crippen LogP contribution in [0.15, 0.2) is 48.7 Å². The first-order valence-corrected chi connectivity index (χ1v) is 9.88. The Labute approximate surface area is 166 Å². The number of likely N-dealkylation sites (tertiary alicyclic amines) is 1. The lowest BCUT2D eigenvalue weighted by Gasteiger charge is -2.40. The highest BCUT2D eigenvalue weighted by molar-refractivity contribution is 5.85. The molecule has 0 aliphatic carbocycles. The summed E-state index contributed by atoms with van der Waals surface area (Å²) < 4.78 is 0. The zero-order chi connectivity index (χ0) is 19.9. The fourth-order valence-corrected chi connectivity index (χ4v) is 3.75. The van der Waals surface area contributed by atoms with Crippen molar-refractivity contribution in [3.63, 3.8) is 0 Å². The summed E-state index contributed by atoms with van der Waals surface area (Å²) >= 11 is 0. The number of nitrogens with zero attached hydrogens (tertiary/aromatic N) is 2. The molecule has 28 heavy (non-hydrogen) atoms. The van der Waals surface area contributed by atoms with Crippen LogP contribution in [-0.4, -0.2) is 41.3 Å². The molecule has 1 aliphatic rings. The zero-order valence-electron chi connectivity index (χ0n) is 16.5. The molecule has 148 valence electrons. The van der Waals surface area contributed by atoms with Crippen LogP contribution in [0.4, 0.5) is 5.82 Å². The van der Waals surface area contributed by atoms with Gasteiger partial charge in [0.2, 0.25) is 11.8 Å². The number of hydrogen-bond donors (Lipinski definition) is 2. The van der Waals surface area contributed by atoms with Crippen molar-refractivity contribution >= 4 is 17.6 Å². The van der Waals surface area contributed by atoms with E-state index in [-0.39, 0.29) is 23.8 Å². The van der Waals surface area contributed by atoms with Crippen molar-refractivity contribution < 1.29 is 9.59 Å². The molecule has 6 nitrogen and oxygen atoms in total. The van der Waals surface area contributed by atoms with E-state index in [0.29, 0.717) is 32.5 Å². The van der Waals surface area contributed by atoms with Crippen LogP contribution in [-0.2, 0) is 9.59 Å². The molecule has 2 N–H and O–H groups in total. The van der Waals surface area contributed by atoms with Crippen LogP contribution in [0.3, 0.4) is 0 Å². The van der Waals surface area contributed by atoms with Gasteiger partial charge in [0.15, 0.2) is 0 Å². The first-order chi connectivity index (χ1) is 13.6. The minimum absolute atomic E-state index is 0.000606. The fraction of sp³-hybridized carbons (Fsp3) is 0.409. The van der Waals surface area contributed by atoms with Crippen molar-refractivity contribution in [3.8, 4) is 0 Å². The lowest BCUT2D eigenvalue weighted by atomic mass is 9.83. The molecule has 2 aromatic rings. The molecule has 0 spiro atoms. The first-order valence-electron chi connectivity index (χ1n) is 9.88. The van der Waals surface area contributed by atoms with E-state index in [0.717, 1.165) is 16.9 Å². The van der Waals surface area contributed by atoms with Gasteiger partial charge in [-0.3, -0.25) is 9.59 Å². The SMILES string of the molecule is CCN1C(=O)CC[C@@H](C(=O)NCCNc2ccccn2)[C@@H]1c1ccc(C)cc1. The highest BCUT2D eigenvalue weighted by Crippen LogP contribution is 2.36. The van der Waals surface area contributed by atoms with E-state index in [2.05, 4.69) is 15.6 Å². The smallest absolute Gasteiger partial charge is 0.225 e. The van der Waals surface area contributed by atoms with Gasteiger partial charge in [-0.1, -0.05) is 35.9 Å². The minimum atomic E-state index is -0.241. The van der Waals surface area contributed by atoms with Crippen LogP contribution in [0.5, 0.6) is 0 Å². The highest BCUT2D eigenvalue weighted by Gasteiger charge is 2.39. The number of aryl methyl sites for hydroxylation is 1. The molecule has 0 saturated carbocycles. The monoisotopic (exact) mass is 380 g/mol. The van der Waals surface area contributed by atoms with Gasteiger partial charge in [-0.15, -0.1) is 0 Å². The van der Waals surface area contributed by atoms with Gasteiger partial charge in [0, 0.05) is 32.3 Å². The molecule has 1 saturated heterocycles. The van der Waals surface area contributed by atoms with Gasteiger partial charge in [-0.25, -0.2) is 4.98 Å². The quantitative estimate of drug-likeness (QED) is 0.725. The third-order valence-electron chi connectivity index (χ3n) is 5.20. The predicted octanol–water partition coefficient (Wildman–Crippen LogP) is 2.92. The largest absolute Gasteiger partial charge is 0.368 e. The van der Waals surface area contributed by atoms with Gasteiger partial charge >= 0.3 is 0 Å². The molecule has 1 aromatic heterocycles. The number of piperidine rings is 1. The third-order valence-corrected chi connectivity index (χ3v) is 5.20. The Balaban J connectivity index is 1.65. The second-order valence-corrected chi connectivity index (χ2v) is 7.11. The lowest BCUT2D eigenvalue weighted by Crippen LogP contribution is -2.48. The highest BCUT2D eigenvalue weighted by atomic mass is 16.2. The Morgan fingerprint density at radius 1 is 1.18 bits per heavy atom. The maximum absolute atomic E-state index is 12.9. The number of benzene rings is 1. The summed E-state index contributed by atoms with van der Waals surface area (Å²) in [4.78, 5) is 31.4. The third kappa shape index (κ3) is 4.68. The van der Waals surface area contributed by atoms with Crippen molar-refractivity contribution in [1.82, 2.24) is 15.2 Å². The van der Waals surface area contributed by atoms with E-state index in [4.69, 9.17) is 0 Å². The van der Waals surface area contributed by atoms with Crippen molar-refractivity contribution in [3.05, 3.63) is 59.8 Å². The number of hydrogen-bond acceptors (Lipinski definition) is 4. The molecule has 1 aromatic carbocycles. The van der Waals surface area contributed by atoms with Crippen molar-refractivity contribution in [2.24, 2.45) is 5.92 Å². The zero-order valence-corrected chi connectivity index (χ0v) is 16.5. The van der Waals surface area contributed by atoms with Gasteiger partial charge < -0.3 is 15.5 Å². The summed E-state index contributed by atoms with van der Waals surface area (Å²) in [5.74, 6) is 0.665. The van der Waals surface area contributed by atoms with E-state index in [1.54, 1.807) is 6.20 Å². The molecule has 3 rings (SSSR count). The molecule has 2 atom stereocenters.